The van der Waals surface area contributed by atoms with Crippen molar-refractivity contribution < 1.29 is 14.3 Å². The number of hydrogen-bond donors (Lipinski definition) is 0. The minimum absolute atomic E-state index is 0.121. The molecule has 6 nitrogen and oxygen atoms in total. The third kappa shape index (κ3) is 4.12. The number of aromatic nitrogens is 2. The fourth-order valence-corrected chi connectivity index (χ4v) is 3.23. The first-order valence-corrected chi connectivity index (χ1v) is 8.82. The maximum atomic E-state index is 12.1. The van der Waals surface area contributed by atoms with Crippen LogP contribution >= 0.6 is 34.5 Å². The number of nitrogens with zero attached hydrogens (tertiary/aromatic N) is 2. The van der Waals surface area contributed by atoms with Gasteiger partial charge in [0.05, 0.1) is 10.7 Å². The first kappa shape index (κ1) is 17.7. The Balaban J connectivity index is 1.63. The molecule has 9 heteroatoms. The van der Waals surface area contributed by atoms with Gasteiger partial charge in [0.2, 0.25) is 0 Å². The average molecular weight is 399 g/mol. The lowest BCUT2D eigenvalue weighted by molar-refractivity contribution is -0.152. The van der Waals surface area contributed by atoms with E-state index in [9.17, 15) is 9.59 Å². The summed E-state index contributed by atoms with van der Waals surface area (Å²) < 4.78 is 12.1. The van der Waals surface area contributed by atoms with Gasteiger partial charge in [-0.1, -0.05) is 23.2 Å². The van der Waals surface area contributed by atoms with Crippen LogP contribution in [0.5, 0.6) is 5.75 Å². The van der Waals surface area contributed by atoms with Gasteiger partial charge in [0.15, 0.2) is 11.1 Å². The zero-order valence-corrected chi connectivity index (χ0v) is 15.3. The van der Waals surface area contributed by atoms with Crippen molar-refractivity contribution in [3.8, 4) is 5.75 Å². The van der Waals surface area contributed by atoms with E-state index < -0.39 is 12.1 Å². The Morgan fingerprint density at radius 2 is 2.16 bits per heavy atom. The SMILES string of the molecule is C[C@@H](Oc1ccc(Cl)cc1Cl)C(=O)OCc1cc(=O)n2ccsc2n1. The minimum Gasteiger partial charge on any atom is -0.477 e. The third-order valence-electron chi connectivity index (χ3n) is 3.25. The summed E-state index contributed by atoms with van der Waals surface area (Å²) in [6.07, 6.45) is 0.752. The van der Waals surface area contributed by atoms with Gasteiger partial charge in [0, 0.05) is 22.7 Å². The van der Waals surface area contributed by atoms with E-state index in [0.717, 1.165) is 0 Å². The number of fused-ring (bicyclic) bond motifs is 1. The van der Waals surface area contributed by atoms with E-state index in [1.165, 1.54) is 34.8 Å². The summed E-state index contributed by atoms with van der Waals surface area (Å²) in [5, 5.41) is 2.52. The van der Waals surface area contributed by atoms with E-state index in [-0.39, 0.29) is 12.2 Å². The molecule has 0 amide bonds. The molecule has 0 spiro atoms. The lowest BCUT2D eigenvalue weighted by Crippen LogP contribution is -2.26. The van der Waals surface area contributed by atoms with Crippen molar-refractivity contribution in [1.82, 2.24) is 9.38 Å². The number of halogens is 2. The summed E-state index contributed by atoms with van der Waals surface area (Å²) in [5.41, 5.74) is 0.145. The molecule has 3 aromatic rings. The number of benzene rings is 1. The largest absolute Gasteiger partial charge is 0.477 e. The Labute approximate surface area is 156 Å². The molecule has 0 fully saturated rings. The molecule has 0 aliphatic carbocycles. The summed E-state index contributed by atoms with van der Waals surface area (Å²) >= 11 is 13.1. The molecule has 2 heterocycles. The highest BCUT2D eigenvalue weighted by Gasteiger charge is 2.18. The molecule has 0 unspecified atom stereocenters. The Morgan fingerprint density at radius 3 is 2.92 bits per heavy atom. The molecule has 0 bridgehead atoms. The molecule has 25 heavy (non-hydrogen) atoms. The first-order chi connectivity index (χ1) is 11.9. The highest BCUT2D eigenvalue weighted by atomic mass is 35.5. The van der Waals surface area contributed by atoms with Gasteiger partial charge in [-0.2, -0.15) is 0 Å². The molecule has 0 saturated heterocycles. The van der Waals surface area contributed by atoms with Crippen molar-refractivity contribution in [2.45, 2.75) is 19.6 Å². The van der Waals surface area contributed by atoms with E-state index in [4.69, 9.17) is 32.7 Å². The van der Waals surface area contributed by atoms with Gasteiger partial charge in [-0.05, 0) is 25.1 Å². The van der Waals surface area contributed by atoms with E-state index in [0.29, 0.717) is 26.4 Å². The number of thiazole rings is 1. The van der Waals surface area contributed by atoms with Gasteiger partial charge < -0.3 is 9.47 Å². The zero-order valence-electron chi connectivity index (χ0n) is 12.9. The normalized spacial score (nSPS) is 12.1. The summed E-state index contributed by atoms with van der Waals surface area (Å²) in [6, 6.07) is 6.02. The summed E-state index contributed by atoms with van der Waals surface area (Å²) in [4.78, 5) is 28.8. The van der Waals surface area contributed by atoms with Crippen LogP contribution in [0.25, 0.3) is 4.96 Å². The van der Waals surface area contributed by atoms with Crippen molar-refractivity contribution in [3.05, 3.63) is 61.9 Å². The molecular formula is C16H12Cl2N2O4S. The molecule has 0 aliphatic heterocycles. The van der Waals surface area contributed by atoms with Crippen molar-refractivity contribution in [3.63, 3.8) is 0 Å². The molecule has 1 aromatic carbocycles. The minimum atomic E-state index is -0.884. The van der Waals surface area contributed by atoms with Crippen molar-refractivity contribution in [2.24, 2.45) is 0 Å². The van der Waals surface area contributed by atoms with Gasteiger partial charge >= 0.3 is 5.97 Å². The highest BCUT2D eigenvalue weighted by molar-refractivity contribution is 7.15. The lowest BCUT2D eigenvalue weighted by Gasteiger charge is -2.15. The molecule has 0 saturated carbocycles. The zero-order chi connectivity index (χ0) is 18.0. The third-order valence-corrected chi connectivity index (χ3v) is 4.54. The molecule has 1 atom stereocenters. The Morgan fingerprint density at radius 1 is 1.36 bits per heavy atom. The Bertz CT molecular complexity index is 986. The topological polar surface area (TPSA) is 69.9 Å². The van der Waals surface area contributed by atoms with Crippen LogP contribution < -0.4 is 10.3 Å². The summed E-state index contributed by atoms with van der Waals surface area (Å²) in [7, 11) is 0. The molecular weight excluding hydrogens is 387 g/mol. The number of carbonyl (C=O) groups excluding carboxylic acids is 1. The predicted molar refractivity (Wildman–Crippen MR) is 95.7 cm³/mol. The van der Waals surface area contributed by atoms with Crippen LogP contribution in [0.2, 0.25) is 10.0 Å². The molecule has 2 aromatic heterocycles. The number of hydrogen-bond acceptors (Lipinski definition) is 6. The van der Waals surface area contributed by atoms with Crippen LogP contribution in [0.3, 0.4) is 0 Å². The van der Waals surface area contributed by atoms with Crippen molar-refractivity contribution in [1.29, 1.82) is 0 Å². The molecule has 130 valence electrons. The molecule has 0 radical (unpaired) electrons. The van der Waals surface area contributed by atoms with Crippen LogP contribution in [-0.2, 0) is 16.1 Å². The fourth-order valence-electron chi connectivity index (χ4n) is 2.03. The van der Waals surface area contributed by atoms with E-state index >= 15 is 0 Å². The molecule has 3 rings (SSSR count). The second-order valence-electron chi connectivity index (χ2n) is 5.08. The Hall–Kier alpha value is -2.09. The quantitative estimate of drug-likeness (QED) is 0.614. The predicted octanol–water partition coefficient (Wildman–Crippen LogP) is 3.57. The maximum Gasteiger partial charge on any atom is 0.347 e. The van der Waals surface area contributed by atoms with Crippen LogP contribution in [0, 0.1) is 0 Å². The van der Waals surface area contributed by atoms with Crippen LogP contribution in [0.15, 0.2) is 40.6 Å². The number of rotatable bonds is 5. The summed E-state index contributed by atoms with van der Waals surface area (Å²) in [5.74, 6) is -0.272. The smallest absolute Gasteiger partial charge is 0.347 e. The van der Waals surface area contributed by atoms with Gasteiger partial charge in [-0.25, -0.2) is 9.78 Å². The molecule has 0 aliphatic rings. The highest BCUT2D eigenvalue weighted by Crippen LogP contribution is 2.28. The van der Waals surface area contributed by atoms with E-state index in [2.05, 4.69) is 4.98 Å². The monoisotopic (exact) mass is 398 g/mol. The number of ether oxygens (including phenoxy) is 2. The van der Waals surface area contributed by atoms with Gasteiger partial charge in [-0.15, -0.1) is 11.3 Å². The number of carbonyl (C=O) groups is 1. The van der Waals surface area contributed by atoms with Gasteiger partial charge in [-0.3, -0.25) is 9.20 Å². The van der Waals surface area contributed by atoms with Crippen LogP contribution in [0.4, 0.5) is 0 Å². The summed E-state index contributed by atoms with van der Waals surface area (Å²) in [6.45, 7) is 1.42. The van der Waals surface area contributed by atoms with Crippen LogP contribution in [0.1, 0.15) is 12.6 Å². The number of esters is 1. The maximum absolute atomic E-state index is 12.1. The van der Waals surface area contributed by atoms with Crippen molar-refractivity contribution >= 4 is 45.5 Å². The van der Waals surface area contributed by atoms with Gasteiger partial charge in [0.1, 0.15) is 12.4 Å². The average Bonchev–Trinajstić information content (AvgIpc) is 3.04. The lowest BCUT2D eigenvalue weighted by atomic mass is 10.3. The second kappa shape index (κ2) is 7.43. The standard InChI is InChI=1S/C16H12Cl2N2O4S/c1-9(24-13-3-2-10(17)6-12(13)18)15(22)23-8-11-7-14(21)20-4-5-25-16(20)19-11/h2-7,9H,8H2,1H3/t9-/m1/s1. The molecule has 0 N–H and O–H groups in total. The van der Waals surface area contributed by atoms with Crippen molar-refractivity contribution in [2.75, 3.05) is 0 Å². The van der Waals surface area contributed by atoms with Crippen LogP contribution in [-0.4, -0.2) is 21.5 Å². The van der Waals surface area contributed by atoms with Gasteiger partial charge in [0.25, 0.3) is 5.56 Å². The second-order valence-corrected chi connectivity index (χ2v) is 6.80. The Kier molecular flexibility index (Phi) is 5.27. The first-order valence-electron chi connectivity index (χ1n) is 7.18. The van der Waals surface area contributed by atoms with E-state index in [1.807, 2.05) is 0 Å². The van der Waals surface area contributed by atoms with E-state index in [1.54, 1.807) is 23.7 Å². The fraction of sp³-hybridized carbons (Fsp3) is 0.188.